The molecule has 1 aromatic carbocycles. The standard InChI is InChI=1S/C16H19NO4/c1-20-15(18)10-7-8-12-11-5-3-4-6-13(11)17(14(12)9-10)16(19)21-2/h7-9,11,13H,3-6H2,1-2H3/t11-,13+/m0/s1. The number of anilines is 1. The predicted octanol–water partition coefficient (Wildman–Crippen LogP) is 3.09. The van der Waals surface area contributed by atoms with Crippen LogP contribution in [0.2, 0.25) is 0 Å². The van der Waals surface area contributed by atoms with Crippen LogP contribution in [0, 0.1) is 0 Å². The number of hydrogen-bond donors (Lipinski definition) is 0. The molecule has 1 amide bonds. The van der Waals surface area contributed by atoms with E-state index in [4.69, 9.17) is 9.47 Å². The van der Waals surface area contributed by atoms with Crippen LogP contribution in [0.15, 0.2) is 18.2 Å². The highest BCUT2D eigenvalue weighted by Crippen LogP contribution is 2.48. The van der Waals surface area contributed by atoms with Gasteiger partial charge in [0, 0.05) is 12.0 Å². The minimum atomic E-state index is -0.391. The highest BCUT2D eigenvalue weighted by Gasteiger charge is 2.43. The first-order valence-corrected chi connectivity index (χ1v) is 7.26. The van der Waals surface area contributed by atoms with Crippen LogP contribution in [0.25, 0.3) is 0 Å². The second kappa shape index (κ2) is 5.39. The number of carbonyl (C=O) groups is 2. The number of ether oxygens (including phenoxy) is 2. The third kappa shape index (κ3) is 2.17. The Morgan fingerprint density at radius 3 is 2.62 bits per heavy atom. The van der Waals surface area contributed by atoms with Crippen molar-refractivity contribution in [2.75, 3.05) is 19.1 Å². The summed E-state index contributed by atoms with van der Waals surface area (Å²) >= 11 is 0. The molecule has 1 saturated carbocycles. The Hall–Kier alpha value is -2.04. The Morgan fingerprint density at radius 2 is 1.90 bits per heavy atom. The third-order valence-electron chi connectivity index (χ3n) is 4.54. The monoisotopic (exact) mass is 289 g/mol. The summed E-state index contributed by atoms with van der Waals surface area (Å²) in [6, 6.07) is 5.62. The van der Waals surface area contributed by atoms with Gasteiger partial charge in [0.15, 0.2) is 0 Å². The molecule has 21 heavy (non-hydrogen) atoms. The lowest BCUT2D eigenvalue weighted by atomic mass is 9.82. The second-order valence-electron chi connectivity index (χ2n) is 5.56. The molecule has 5 heteroatoms. The number of rotatable bonds is 1. The molecule has 1 heterocycles. The summed E-state index contributed by atoms with van der Waals surface area (Å²) in [6.07, 6.45) is 3.98. The van der Waals surface area contributed by atoms with Crippen molar-refractivity contribution in [1.29, 1.82) is 0 Å². The first-order chi connectivity index (χ1) is 10.2. The van der Waals surface area contributed by atoms with E-state index in [0.29, 0.717) is 11.5 Å². The molecule has 1 aliphatic heterocycles. The summed E-state index contributed by atoms with van der Waals surface area (Å²) in [5, 5.41) is 0. The molecule has 2 aliphatic rings. The van der Waals surface area contributed by atoms with Gasteiger partial charge in [-0.2, -0.15) is 0 Å². The molecule has 0 spiro atoms. The van der Waals surface area contributed by atoms with Crippen LogP contribution < -0.4 is 4.90 Å². The van der Waals surface area contributed by atoms with Gasteiger partial charge in [0.1, 0.15) is 0 Å². The Kier molecular flexibility index (Phi) is 3.57. The maximum Gasteiger partial charge on any atom is 0.414 e. The summed E-state index contributed by atoms with van der Waals surface area (Å²) in [4.78, 5) is 25.6. The Balaban J connectivity index is 2.06. The van der Waals surface area contributed by atoms with Crippen LogP contribution in [0.1, 0.15) is 47.5 Å². The molecule has 0 saturated heterocycles. The molecular weight excluding hydrogens is 270 g/mol. The van der Waals surface area contributed by atoms with Gasteiger partial charge in [0.2, 0.25) is 0 Å². The van der Waals surface area contributed by atoms with Crippen molar-refractivity contribution >= 4 is 17.7 Å². The van der Waals surface area contributed by atoms with Crippen LogP contribution >= 0.6 is 0 Å². The minimum absolute atomic E-state index is 0.147. The highest BCUT2D eigenvalue weighted by molar-refractivity contribution is 5.96. The number of carbonyl (C=O) groups excluding carboxylic acids is 2. The molecule has 112 valence electrons. The van der Waals surface area contributed by atoms with Crippen molar-refractivity contribution in [3.63, 3.8) is 0 Å². The van der Waals surface area contributed by atoms with E-state index in [-0.39, 0.29) is 12.1 Å². The highest BCUT2D eigenvalue weighted by atomic mass is 16.5. The molecular formula is C16H19NO4. The first-order valence-electron chi connectivity index (χ1n) is 7.26. The summed E-state index contributed by atoms with van der Waals surface area (Å²) in [7, 11) is 2.75. The zero-order valence-corrected chi connectivity index (χ0v) is 12.3. The van der Waals surface area contributed by atoms with Gasteiger partial charge in [-0.1, -0.05) is 18.9 Å². The summed E-state index contributed by atoms with van der Waals surface area (Å²) < 4.78 is 9.70. The van der Waals surface area contributed by atoms with E-state index in [9.17, 15) is 9.59 Å². The maximum atomic E-state index is 12.2. The normalized spacial score (nSPS) is 23.2. The molecule has 0 radical (unpaired) electrons. The van der Waals surface area contributed by atoms with Crippen LogP contribution in [-0.2, 0) is 9.47 Å². The number of nitrogens with zero attached hydrogens (tertiary/aromatic N) is 1. The number of benzene rings is 1. The minimum Gasteiger partial charge on any atom is -0.465 e. The van der Waals surface area contributed by atoms with Crippen molar-refractivity contribution in [2.45, 2.75) is 37.6 Å². The van der Waals surface area contributed by atoms with Crippen LogP contribution in [0.4, 0.5) is 10.5 Å². The van der Waals surface area contributed by atoms with Gasteiger partial charge >= 0.3 is 12.1 Å². The smallest absolute Gasteiger partial charge is 0.414 e. The molecule has 0 unspecified atom stereocenters. The summed E-state index contributed by atoms with van der Waals surface area (Å²) in [6.45, 7) is 0. The van der Waals surface area contributed by atoms with E-state index >= 15 is 0 Å². The van der Waals surface area contributed by atoms with E-state index in [1.165, 1.54) is 20.6 Å². The molecule has 1 fully saturated rings. The summed E-state index contributed by atoms with van der Waals surface area (Å²) in [5.41, 5.74) is 2.39. The zero-order valence-electron chi connectivity index (χ0n) is 12.3. The molecule has 1 aliphatic carbocycles. The van der Waals surface area contributed by atoms with Crippen molar-refractivity contribution in [3.8, 4) is 0 Å². The van der Waals surface area contributed by atoms with Gasteiger partial charge in [0.05, 0.1) is 25.5 Å². The van der Waals surface area contributed by atoms with Gasteiger partial charge in [-0.15, -0.1) is 0 Å². The van der Waals surface area contributed by atoms with Gasteiger partial charge in [-0.3, -0.25) is 4.90 Å². The van der Waals surface area contributed by atoms with E-state index in [2.05, 4.69) is 0 Å². The average Bonchev–Trinajstić information content (AvgIpc) is 2.87. The lowest BCUT2D eigenvalue weighted by molar-refractivity contribution is 0.0600. The first kappa shape index (κ1) is 13.9. The molecule has 3 rings (SSSR count). The molecule has 0 N–H and O–H groups in total. The quantitative estimate of drug-likeness (QED) is 0.745. The number of hydrogen-bond acceptors (Lipinski definition) is 4. The lowest BCUT2D eigenvalue weighted by Crippen LogP contribution is -2.40. The van der Waals surface area contributed by atoms with Crippen molar-refractivity contribution < 1.29 is 19.1 Å². The van der Waals surface area contributed by atoms with Gasteiger partial charge in [-0.25, -0.2) is 9.59 Å². The van der Waals surface area contributed by atoms with Crippen molar-refractivity contribution in [1.82, 2.24) is 0 Å². The van der Waals surface area contributed by atoms with Crippen LogP contribution in [-0.4, -0.2) is 32.3 Å². The fourth-order valence-electron chi connectivity index (χ4n) is 3.60. The Bertz CT molecular complexity index is 584. The van der Waals surface area contributed by atoms with E-state index in [1.54, 1.807) is 17.0 Å². The Labute approximate surface area is 123 Å². The van der Waals surface area contributed by atoms with E-state index in [1.807, 2.05) is 6.07 Å². The van der Waals surface area contributed by atoms with E-state index < -0.39 is 5.97 Å². The predicted molar refractivity (Wildman–Crippen MR) is 77.7 cm³/mol. The van der Waals surface area contributed by atoms with Crippen LogP contribution in [0.5, 0.6) is 0 Å². The molecule has 5 nitrogen and oxygen atoms in total. The van der Waals surface area contributed by atoms with Crippen molar-refractivity contribution in [3.05, 3.63) is 29.3 Å². The zero-order chi connectivity index (χ0) is 15.0. The fraction of sp³-hybridized carbons (Fsp3) is 0.500. The number of methoxy groups -OCH3 is 2. The largest absolute Gasteiger partial charge is 0.465 e. The maximum absolute atomic E-state index is 12.2. The second-order valence-corrected chi connectivity index (χ2v) is 5.56. The van der Waals surface area contributed by atoms with Crippen molar-refractivity contribution in [2.24, 2.45) is 0 Å². The Morgan fingerprint density at radius 1 is 1.14 bits per heavy atom. The van der Waals surface area contributed by atoms with Gasteiger partial charge < -0.3 is 9.47 Å². The number of esters is 1. The third-order valence-corrected chi connectivity index (χ3v) is 4.54. The van der Waals surface area contributed by atoms with Gasteiger partial charge in [0.25, 0.3) is 0 Å². The summed E-state index contributed by atoms with van der Waals surface area (Å²) in [5.74, 6) is -0.0444. The SMILES string of the molecule is COC(=O)c1ccc2c(c1)N(C(=O)OC)[C@@H]1CCCC[C@@H]21. The number of fused-ring (bicyclic) bond motifs is 3. The molecule has 2 atom stereocenters. The average molecular weight is 289 g/mol. The fourth-order valence-corrected chi connectivity index (χ4v) is 3.60. The number of amides is 1. The molecule has 0 aromatic heterocycles. The molecule has 0 bridgehead atoms. The van der Waals surface area contributed by atoms with E-state index in [0.717, 1.165) is 30.5 Å². The van der Waals surface area contributed by atoms with Gasteiger partial charge in [-0.05, 0) is 30.5 Å². The lowest BCUT2D eigenvalue weighted by Gasteiger charge is -2.31. The topological polar surface area (TPSA) is 55.8 Å². The van der Waals surface area contributed by atoms with Crippen LogP contribution in [0.3, 0.4) is 0 Å². The molecule has 1 aromatic rings.